The Balaban J connectivity index is 1.59. The summed E-state index contributed by atoms with van der Waals surface area (Å²) in [7, 11) is 0. The predicted molar refractivity (Wildman–Crippen MR) is 139 cm³/mol. The summed E-state index contributed by atoms with van der Waals surface area (Å²) in [6.45, 7) is -0.421. The second-order valence-electron chi connectivity index (χ2n) is 8.31. The van der Waals surface area contributed by atoms with E-state index in [-0.39, 0.29) is 13.2 Å². The van der Waals surface area contributed by atoms with Crippen molar-refractivity contribution in [1.29, 1.82) is 0 Å². The lowest BCUT2D eigenvalue weighted by atomic mass is 10.0. The van der Waals surface area contributed by atoms with Crippen LogP contribution in [0.3, 0.4) is 0 Å². The summed E-state index contributed by atoms with van der Waals surface area (Å²) in [6, 6.07) is 19.6. The van der Waals surface area contributed by atoms with E-state index in [1.165, 1.54) is 6.08 Å². The smallest absolute Gasteiger partial charge is 0.333 e. The van der Waals surface area contributed by atoms with Crippen LogP contribution in [0.2, 0.25) is 10.0 Å². The molecule has 5 nitrogen and oxygen atoms in total. The highest BCUT2D eigenvalue weighted by Crippen LogP contribution is 2.41. The number of nitrogens with one attached hydrogen (secondary N) is 1. The Labute approximate surface area is 209 Å². The zero-order valence-corrected chi connectivity index (χ0v) is 19.8. The monoisotopic (exact) mass is 505 g/mol. The van der Waals surface area contributed by atoms with Crippen LogP contribution in [0, 0.1) is 0 Å². The fraction of sp³-hybridized carbons (Fsp3) is 0.111. The Hall–Kier alpha value is -3.61. The SMILES string of the molecule is O=C1C=C(N(CCF)c2[nH]c3ccccc3c2-c2ccc3cc4ccc(Cl)c(Cl)c4nc3c2)CO1. The number of para-hydroxylation sites is 1. The number of fused-ring (bicyclic) bond motifs is 3. The summed E-state index contributed by atoms with van der Waals surface area (Å²) in [5, 5.41) is 3.69. The van der Waals surface area contributed by atoms with E-state index in [0.717, 1.165) is 38.3 Å². The third-order valence-electron chi connectivity index (χ3n) is 6.22. The van der Waals surface area contributed by atoms with Crippen LogP contribution in [-0.4, -0.2) is 35.8 Å². The molecule has 35 heavy (non-hydrogen) atoms. The first-order chi connectivity index (χ1) is 17.0. The lowest BCUT2D eigenvalue weighted by molar-refractivity contribution is -0.134. The summed E-state index contributed by atoms with van der Waals surface area (Å²) in [4.78, 5) is 21.8. The van der Waals surface area contributed by atoms with Crippen LogP contribution < -0.4 is 4.90 Å². The van der Waals surface area contributed by atoms with E-state index in [0.29, 0.717) is 27.1 Å². The van der Waals surface area contributed by atoms with Gasteiger partial charge in [-0.2, -0.15) is 0 Å². The van der Waals surface area contributed by atoms with Crippen molar-refractivity contribution in [2.45, 2.75) is 0 Å². The minimum Gasteiger partial charge on any atom is -0.456 e. The average Bonchev–Trinajstić information content (AvgIpc) is 3.47. The van der Waals surface area contributed by atoms with Gasteiger partial charge < -0.3 is 14.6 Å². The fourth-order valence-electron chi connectivity index (χ4n) is 4.62. The Morgan fingerprint density at radius 1 is 1.06 bits per heavy atom. The molecule has 0 radical (unpaired) electrons. The van der Waals surface area contributed by atoms with Crippen molar-refractivity contribution < 1.29 is 13.9 Å². The highest BCUT2D eigenvalue weighted by atomic mass is 35.5. The van der Waals surface area contributed by atoms with Gasteiger partial charge in [-0.15, -0.1) is 0 Å². The van der Waals surface area contributed by atoms with Crippen LogP contribution in [0.5, 0.6) is 0 Å². The van der Waals surface area contributed by atoms with Gasteiger partial charge in [0, 0.05) is 33.3 Å². The average molecular weight is 506 g/mol. The van der Waals surface area contributed by atoms with Crippen molar-refractivity contribution in [2.24, 2.45) is 0 Å². The first-order valence-electron chi connectivity index (χ1n) is 11.0. The molecule has 5 aromatic rings. The summed E-state index contributed by atoms with van der Waals surface area (Å²) < 4.78 is 18.8. The minimum atomic E-state index is -0.592. The van der Waals surface area contributed by atoms with Gasteiger partial charge in [0.15, 0.2) is 0 Å². The highest BCUT2D eigenvalue weighted by molar-refractivity contribution is 6.45. The zero-order valence-electron chi connectivity index (χ0n) is 18.3. The molecule has 1 aliphatic rings. The van der Waals surface area contributed by atoms with Crippen molar-refractivity contribution in [3.63, 3.8) is 0 Å². The molecule has 0 atom stereocenters. The molecule has 1 aliphatic heterocycles. The van der Waals surface area contributed by atoms with Crippen LogP contribution in [0.25, 0.3) is 43.8 Å². The van der Waals surface area contributed by atoms with E-state index in [1.807, 2.05) is 54.6 Å². The number of aromatic nitrogens is 2. The summed E-state index contributed by atoms with van der Waals surface area (Å²) in [5.74, 6) is 0.258. The van der Waals surface area contributed by atoms with Crippen molar-refractivity contribution in [1.82, 2.24) is 9.97 Å². The number of carbonyl (C=O) groups excluding carboxylic acids is 1. The van der Waals surface area contributed by atoms with Crippen LogP contribution in [0.15, 0.2) is 72.4 Å². The Morgan fingerprint density at radius 3 is 2.69 bits per heavy atom. The third-order valence-corrected chi connectivity index (χ3v) is 7.01. The number of alkyl halides is 1. The van der Waals surface area contributed by atoms with Crippen LogP contribution in [0.1, 0.15) is 0 Å². The number of benzene rings is 3. The topological polar surface area (TPSA) is 58.2 Å². The first kappa shape index (κ1) is 21.9. The number of hydrogen-bond donors (Lipinski definition) is 1. The Kier molecular flexibility index (Phi) is 5.35. The molecule has 1 N–H and O–H groups in total. The predicted octanol–water partition coefficient (Wildman–Crippen LogP) is 7.06. The number of esters is 1. The van der Waals surface area contributed by atoms with E-state index in [9.17, 15) is 9.18 Å². The number of H-pyrrole nitrogens is 1. The minimum absolute atomic E-state index is 0.0763. The molecule has 8 heteroatoms. The maximum atomic E-state index is 13.7. The Bertz CT molecular complexity index is 1680. The Morgan fingerprint density at radius 2 is 1.89 bits per heavy atom. The molecule has 174 valence electrons. The molecular formula is C27H18Cl2FN3O2. The number of anilines is 1. The quantitative estimate of drug-likeness (QED) is 0.205. The van der Waals surface area contributed by atoms with Gasteiger partial charge in [-0.3, -0.25) is 0 Å². The van der Waals surface area contributed by atoms with Crippen molar-refractivity contribution in [3.05, 3.63) is 82.5 Å². The number of rotatable bonds is 5. The van der Waals surface area contributed by atoms with Gasteiger partial charge in [0.05, 0.1) is 33.3 Å². The van der Waals surface area contributed by atoms with Gasteiger partial charge in [-0.1, -0.05) is 59.6 Å². The molecular weight excluding hydrogens is 488 g/mol. The molecule has 0 unspecified atom stereocenters. The van der Waals surface area contributed by atoms with E-state index in [2.05, 4.69) is 4.98 Å². The summed E-state index contributed by atoms with van der Waals surface area (Å²) >= 11 is 12.7. The van der Waals surface area contributed by atoms with E-state index >= 15 is 0 Å². The van der Waals surface area contributed by atoms with Crippen LogP contribution >= 0.6 is 23.2 Å². The van der Waals surface area contributed by atoms with Gasteiger partial charge in [0.1, 0.15) is 19.1 Å². The third kappa shape index (κ3) is 3.70. The molecule has 0 fully saturated rings. The normalized spacial score (nSPS) is 13.6. The lowest BCUT2D eigenvalue weighted by Gasteiger charge is -2.24. The van der Waals surface area contributed by atoms with E-state index in [4.69, 9.17) is 32.9 Å². The molecule has 6 rings (SSSR count). The number of pyridine rings is 1. The number of ether oxygens (including phenoxy) is 1. The maximum absolute atomic E-state index is 13.7. The summed E-state index contributed by atoms with van der Waals surface area (Å²) in [5.41, 5.74) is 4.67. The van der Waals surface area contributed by atoms with E-state index < -0.39 is 12.6 Å². The second-order valence-corrected chi connectivity index (χ2v) is 9.09. The van der Waals surface area contributed by atoms with Gasteiger partial charge >= 0.3 is 5.97 Å². The number of nitrogens with zero attached hydrogens (tertiary/aromatic N) is 2. The number of aromatic amines is 1. The van der Waals surface area contributed by atoms with Crippen LogP contribution in [-0.2, 0) is 9.53 Å². The molecule has 0 spiro atoms. The summed E-state index contributed by atoms with van der Waals surface area (Å²) in [6.07, 6.45) is 1.41. The zero-order chi connectivity index (χ0) is 24.1. The first-order valence-corrected chi connectivity index (χ1v) is 11.8. The van der Waals surface area contributed by atoms with Crippen molar-refractivity contribution >= 4 is 67.7 Å². The van der Waals surface area contributed by atoms with Crippen molar-refractivity contribution in [3.8, 4) is 11.1 Å². The van der Waals surface area contributed by atoms with Gasteiger partial charge in [0.2, 0.25) is 0 Å². The molecule has 0 saturated carbocycles. The molecule has 3 heterocycles. The number of carbonyl (C=O) groups is 1. The fourth-order valence-corrected chi connectivity index (χ4v) is 4.98. The number of halogens is 3. The molecule has 0 saturated heterocycles. The van der Waals surface area contributed by atoms with Crippen molar-refractivity contribution in [2.75, 3.05) is 24.7 Å². The standard InChI is InChI=1S/C27H18Cl2FN3O2/c28-20-8-7-17-11-15-5-6-16(12-22(15)31-26(17)25(20)29)24-19-3-1-2-4-21(19)32-27(24)33(10-9-30)18-13-23(34)35-14-18/h1-8,11-13,32H,9-10,14H2. The van der Waals surface area contributed by atoms with Crippen LogP contribution in [0.4, 0.5) is 10.2 Å². The molecule has 0 amide bonds. The number of cyclic esters (lactones) is 1. The highest BCUT2D eigenvalue weighted by Gasteiger charge is 2.25. The maximum Gasteiger partial charge on any atom is 0.333 e. The molecule has 2 aromatic heterocycles. The lowest BCUT2D eigenvalue weighted by Crippen LogP contribution is -2.26. The van der Waals surface area contributed by atoms with E-state index in [1.54, 1.807) is 11.0 Å². The van der Waals surface area contributed by atoms with Gasteiger partial charge in [0.25, 0.3) is 0 Å². The molecule has 3 aromatic carbocycles. The van der Waals surface area contributed by atoms with Gasteiger partial charge in [-0.05, 0) is 29.8 Å². The molecule has 0 bridgehead atoms. The largest absolute Gasteiger partial charge is 0.456 e. The van der Waals surface area contributed by atoms with Gasteiger partial charge in [-0.25, -0.2) is 14.2 Å². The molecule has 0 aliphatic carbocycles. The second kappa shape index (κ2) is 8.56. The number of hydrogen-bond acceptors (Lipinski definition) is 4.